The number of carboxylic acids is 1. The van der Waals surface area contributed by atoms with Crippen LogP contribution in [0.5, 0.6) is 0 Å². The van der Waals surface area contributed by atoms with E-state index in [0.29, 0.717) is 5.92 Å². The van der Waals surface area contributed by atoms with Crippen LogP contribution >= 0.6 is 0 Å². The van der Waals surface area contributed by atoms with Crippen LogP contribution in [0.15, 0.2) is 48.7 Å². The second-order valence-electron chi connectivity index (χ2n) is 5.79. The van der Waals surface area contributed by atoms with Crippen molar-refractivity contribution in [2.75, 3.05) is 0 Å². The Labute approximate surface area is 134 Å². The summed E-state index contributed by atoms with van der Waals surface area (Å²) < 4.78 is 0. The number of carboxylic acid groups (broad SMARTS) is 1. The summed E-state index contributed by atoms with van der Waals surface area (Å²) in [7, 11) is 0. The number of aromatic carboxylic acids is 1. The molecular formula is C18H18N2O3. The molecule has 1 unspecified atom stereocenters. The van der Waals surface area contributed by atoms with E-state index in [1.54, 1.807) is 0 Å². The van der Waals surface area contributed by atoms with Gasteiger partial charge < -0.3 is 10.4 Å². The lowest BCUT2D eigenvalue weighted by Gasteiger charge is -2.34. The lowest BCUT2D eigenvalue weighted by atomic mass is 9.77. The summed E-state index contributed by atoms with van der Waals surface area (Å²) >= 11 is 0. The maximum absolute atomic E-state index is 12.5. The molecule has 1 saturated carbocycles. The summed E-state index contributed by atoms with van der Waals surface area (Å²) in [5.41, 5.74) is 1.26. The van der Waals surface area contributed by atoms with Crippen molar-refractivity contribution in [3.8, 4) is 0 Å². The minimum atomic E-state index is -1.07. The number of rotatable bonds is 5. The summed E-state index contributed by atoms with van der Waals surface area (Å²) in [6, 6.07) is 12.5. The zero-order valence-corrected chi connectivity index (χ0v) is 12.6. The van der Waals surface area contributed by atoms with Gasteiger partial charge in [0, 0.05) is 6.20 Å². The second kappa shape index (κ2) is 6.60. The Morgan fingerprint density at radius 3 is 2.52 bits per heavy atom. The molecule has 118 valence electrons. The van der Waals surface area contributed by atoms with Crippen LogP contribution in [0.3, 0.4) is 0 Å². The topological polar surface area (TPSA) is 79.3 Å². The normalized spacial score (nSPS) is 15.5. The van der Waals surface area contributed by atoms with Crippen molar-refractivity contribution >= 4 is 11.9 Å². The highest BCUT2D eigenvalue weighted by Gasteiger charge is 2.30. The zero-order valence-electron chi connectivity index (χ0n) is 12.6. The first kappa shape index (κ1) is 15.2. The number of nitrogens with zero attached hydrogens (tertiary/aromatic N) is 1. The monoisotopic (exact) mass is 310 g/mol. The van der Waals surface area contributed by atoms with Gasteiger partial charge in [0.05, 0.1) is 11.6 Å². The zero-order chi connectivity index (χ0) is 16.2. The van der Waals surface area contributed by atoms with Gasteiger partial charge in [-0.3, -0.25) is 9.78 Å². The summed E-state index contributed by atoms with van der Waals surface area (Å²) in [6.07, 6.45) is 4.70. The maximum atomic E-state index is 12.5. The quantitative estimate of drug-likeness (QED) is 0.889. The molecule has 1 aliphatic rings. The molecule has 0 spiro atoms. The smallest absolute Gasteiger partial charge is 0.335 e. The number of carbonyl (C=O) groups is 2. The molecule has 1 aliphatic carbocycles. The van der Waals surface area contributed by atoms with Gasteiger partial charge in [0.25, 0.3) is 5.91 Å². The van der Waals surface area contributed by atoms with Crippen molar-refractivity contribution in [3.63, 3.8) is 0 Å². The molecule has 1 aromatic carbocycles. The molecule has 1 aromatic heterocycles. The molecule has 0 bridgehead atoms. The first-order valence-corrected chi connectivity index (χ1v) is 7.70. The molecule has 2 aromatic rings. The van der Waals surface area contributed by atoms with E-state index in [1.807, 2.05) is 30.3 Å². The number of aromatic nitrogens is 1. The number of hydrogen-bond acceptors (Lipinski definition) is 3. The lowest BCUT2D eigenvalue weighted by Crippen LogP contribution is -2.36. The van der Waals surface area contributed by atoms with Gasteiger partial charge in [-0.15, -0.1) is 0 Å². The standard InChI is InChI=1S/C18H18N2O3/c21-17(15-11-14(18(22)23)9-10-19-15)20-16(13-7-4-8-13)12-5-2-1-3-6-12/h1-3,5-6,9-11,13,16H,4,7-8H2,(H,20,21)(H,22,23). The number of benzene rings is 1. The Kier molecular flexibility index (Phi) is 4.37. The highest BCUT2D eigenvalue weighted by atomic mass is 16.4. The van der Waals surface area contributed by atoms with Crippen LogP contribution in [0.25, 0.3) is 0 Å². The number of amides is 1. The fourth-order valence-electron chi connectivity index (χ4n) is 2.81. The third-order valence-corrected chi connectivity index (χ3v) is 4.31. The Hall–Kier alpha value is -2.69. The molecule has 2 N–H and O–H groups in total. The van der Waals surface area contributed by atoms with Crippen molar-refractivity contribution < 1.29 is 14.7 Å². The van der Waals surface area contributed by atoms with E-state index in [0.717, 1.165) is 18.4 Å². The molecule has 0 aliphatic heterocycles. The van der Waals surface area contributed by atoms with Crippen LogP contribution < -0.4 is 5.32 Å². The molecule has 1 heterocycles. The predicted octanol–water partition coefficient (Wildman–Crippen LogP) is 3.05. The second-order valence-corrected chi connectivity index (χ2v) is 5.79. The summed E-state index contributed by atoms with van der Waals surface area (Å²) in [4.78, 5) is 27.5. The SMILES string of the molecule is O=C(O)c1ccnc(C(=O)NC(c2ccccc2)C2CCC2)c1. The van der Waals surface area contributed by atoms with Gasteiger partial charge >= 0.3 is 5.97 Å². The first-order valence-electron chi connectivity index (χ1n) is 7.70. The first-order chi connectivity index (χ1) is 11.1. The molecule has 1 amide bonds. The molecule has 5 heteroatoms. The van der Waals surface area contributed by atoms with Gasteiger partial charge in [-0.25, -0.2) is 4.79 Å². The van der Waals surface area contributed by atoms with Crippen molar-refractivity contribution in [2.24, 2.45) is 5.92 Å². The van der Waals surface area contributed by atoms with Crippen molar-refractivity contribution in [1.29, 1.82) is 0 Å². The van der Waals surface area contributed by atoms with Crippen molar-refractivity contribution in [1.82, 2.24) is 10.3 Å². The predicted molar refractivity (Wildman–Crippen MR) is 85.2 cm³/mol. The van der Waals surface area contributed by atoms with Gasteiger partial charge in [-0.1, -0.05) is 36.8 Å². The molecule has 0 radical (unpaired) electrons. The van der Waals surface area contributed by atoms with E-state index < -0.39 is 5.97 Å². The molecule has 1 atom stereocenters. The Morgan fingerprint density at radius 1 is 1.17 bits per heavy atom. The Bertz CT molecular complexity index is 711. The molecule has 1 fully saturated rings. The molecule has 0 saturated heterocycles. The van der Waals surface area contributed by atoms with Crippen LogP contribution in [0, 0.1) is 5.92 Å². The van der Waals surface area contributed by atoms with Crippen molar-refractivity contribution in [2.45, 2.75) is 25.3 Å². The Balaban J connectivity index is 1.81. The maximum Gasteiger partial charge on any atom is 0.335 e. The average molecular weight is 310 g/mol. The molecular weight excluding hydrogens is 292 g/mol. The van der Waals surface area contributed by atoms with Gasteiger partial charge in [0.2, 0.25) is 0 Å². The van der Waals surface area contributed by atoms with Crippen LogP contribution in [0.4, 0.5) is 0 Å². The highest BCUT2D eigenvalue weighted by Crippen LogP contribution is 2.37. The summed E-state index contributed by atoms with van der Waals surface area (Å²) in [5, 5.41) is 12.1. The summed E-state index contributed by atoms with van der Waals surface area (Å²) in [6.45, 7) is 0. The van der Waals surface area contributed by atoms with E-state index in [1.165, 1.54) is 24.8 Å². The van der Waals surface area contributed by atoms with Gasteiger partial charge in [0.1, 0.15) is 5.69 Å². The number of hydrogen-bond donors (Lipinski definition) is 2. The number of nitrogens with one attached hydrogen (secondary N) is 1. The fourth-order valence-corrected chi connectivity index (χ4v) is 2.81. The average Bonchev–Trinajstić information content (AvgIpc) is 2.53. The van der Waals surface area contributed by atoms with E-state index >= 15 is 0 Å². The highest BCUT2D eigenvalue weighted by molar-refractivity contribution is 5.96. The molecule has 3 rings (SSSR count). The Morgan fingerprint density at radius 2 is 1.91 bits per heavy atom. The number of carbonyl (C=O) groups excluding carboxylic acids is 1. The largest absolute Gasteiger partial charge is 0.478 e. The number of pyridine rings is 1. The van der Waals surface area contributed by atoms with Crippen LogP contribution in [-0.4, -0.2) is 22.0 Å². The van der Waals surface area contributed by atoms with Crippen LogP contribution in [-0.2, 0) is 0 Å². The van der Waals surface area contributed by atoms with E-state index in [4.69, 9.17) is 5.11 Å². The van der Waals surface area contributed by atoms with E-state index in [-0.39, 0.29) is 23.2 Å². The van der Waals surface area contributed by atoms with Crippen LogP contribution in [0.2, 0.25) is 0 Å². The molecule has 5 nitrogen and oxygen atoms in total. The minimum Gasteiger partial charge on any atom is -0.478 e. The van der Waals surface area contributed by atoms with Gasteiger partial charge in [0.15, 0.2) is 0 Å². The summed E-state index contributed by atoms with van der Waals surface area (Å²) in [5.74, 6) is -0.988. The lowest BCUT2D eigenvalue weighted by molar-refractivity contribution is 0.0696. The van der Waals surface area contributed by atoms with Crippen LogP contribution in [0.1, 0.15) is 51.7 Å². The third kappa shape index (κ3) is 3.39. The van der Waals surface area contributed by atoms with Gasteiger partial charge in [-0.05, 0) is 36.5 Å². The van der Waals surface area contributed by atoms with Crippen molar-refractivity contribution in [3.05, 3.63) is 65.5 Å². The van der Waals surface area contributed by atoms with E-state index in [2.05, 4.69) is 10.3 Å². The van der Waals surface area contributed by atoms with Gasteiger partial charge in [-0.2, -0.15) is 0 Å². The van der Waals surface area contributed by atoms with E-state index in [9.17, 15) is 9.59 Å². The fraction of sp³-hybridized carbons (Fsp3) is 0.278. The minimum absolute atomic E-state index is 0.0602. The third-order valence-electron chi connectivity index (χ3n) is 4.31. The molecule has 23 heavy (non-hydrogen) atoms.